The van der Waals surface area contributed by atoms with Crippen LogP contribution in [0, 0.1) is 6.92 Å². The van der Waals surface area contributed by atoms with Crippen molar-refractivity contribution in [1.29, 1.82) is 0 Å². The third-order valence-electron chi connectivity index (χ3n) is 4.81. The first-order valence-electron chi connectivity index (χ1n) is 9.47. The Morgan fingerprint density at radius 2 is 1.68 bits per heavy atom. The second-order valence-electron chi connectivity index (χ2n) is 6.53. The Hall–Kier alpha value is -3.21. The largest absolute Gasteiger partial charge is 0.497 e. The first-order chi connectivity index (χ1) is 13.6. The normalized spacial score (nSPS) is 10.6. The van der Waals surface area contributed by atoms with Crippen LogP contribution in [0.1, 0.15) is 41.0 Å². The van der Waals surface area contributed by atoms with Crippen molar-refractivity contribution >= 4 is 11.6 Å². The van der Waals surface area contributed by atoms with E-state index in [4.69, 9.17) is 4.74 Å². The molecule has 5 heteroatoms. The summed E-state index contributed by atoms with van der Waals surface area (Å²) in [6.45, 7) is 6.00. The minimum atomic E-state index is -0.186. The van der Waals surface area contributed by atoms with E-state index in [0.717, 1.165) is 41.0 Å². The molecule has 2 aromatic carbocycles. The van der Waals surface area contributed by atoms with E-state index in [-0.39, 0.29) is 5.91 Å². The molecule has 3 aromatic rings. The van der Waals surface area contributed by atoms with Crippen LogP contribution >= 0.6 is 0 Å². The molecular formula is C23H25N3O2. The SMILES string of the molecule is CCc1cccc(CC)c1NC(=O)c1cnc(-c2ccc(OC)cc2)nc1C. The predicted octanol–water partition coefficient (Wildman–Crippen LogP) is 4.84. The molecule has 1 aromatic heterocycles. The highest BCUT2D eigenvalue weighted by Crippen LogP contribution is 2.24. The third-order valence-corrected chi connectivity index (χ3v) is 4.81. The van der Waals surface area contributed by atoms with E-state index in [1.165, 1.54) is 0 Å². The van der Waals surface area contributed by atoms with Gasteiger partial charge in [0.05, 0.1) is 18.4 Å². The van der Waals surface area contributed by atoms with Gasteiger partial charge in [0.2, 0.25) is 0 Å². The Labute approximate surface area is 165 Å². The maximum atomic E-state index is 12.9. The number of nitrogens with zero attached hydrogens (tertiary/aromatic N) is 2. The molecule has 0 atom stereocenters. The zero-order chi connectivity index (χ0) is 20.1. The first kappa shape index (κ1) is 19.5. The summed E-state index contributed by atoms with van der Waals surface area (Å²) in [5, 5.41) is 3.08. The molecule has 0 aliphatic rings. The van der Waals surface area contributed by atoms with Gasteiger partial charge in [-0.3, -0.25) is 4.79 Å². The van der Waals surface area contributed by atoms with Gasteiger partial charge in [-0.25, -0.2) is 9.97 Å². The average Bonchev–Trinajstić information content (AvgIpc) is 2.73. The van der Waals surface area contributed by atoms with E-state index in [0.29, 0.717) is 17.1 Å². The third kappa shape index (κ3) is 4.03. The van der Waals surface area contributed by atoms with Crippen molar-refractivity contribution in [3.05, 3.63) is 71.0 Å². The number of para-hydroxylation sites is 1. The maximum Gasteiger partial charge on any atom is 0.259 e. The Morgan fingerprint density at radius 3 is 2.21 bits per heavy atom. The molecule has 0 aliphatic heterocycles. The molecule has 0 unspecified atom stereocenters. The predicted molar refractivity (Wildman–Crippen MR) is 112 cm³/mol. The van der Waals surface area contributed by atoms with Gasteiger partial charge < -0.3 is 10.1 Å². The fourth-order valence-corrected chi connectivity index (χ4v) is 3.15. The molecule has 28 heavy (non-hydrogen) atoms. The molecule has 1 amide bonds. The molecule has 0 radical (unpaired) electrons. The smallest absolute Gasteiger partial charge is 0.259 e. The summed E-state index contributed by atoms with van der Waals surface area (Å²) < 4.78 is 5.18. The van der Waals surface area contributed by atoms with Gasteiger partial charge in [-0.15, -0.1) is 0 Å². The molecule has 0 saturated heterocycles. The van der Waals surface area contributed by atoms with Gasteiger partial charge in [0, 0.05) is 17.4 Å². The fourth-order valence-electron chi connectivity index (χ4n) is 3.15. The second-order valence-corrected chi connectivity index (χ2v) is 6.53. The molecule has 3 rings (SSSR count). The quantitative estimate of drug-likeness (QED) is 0.670. The molecule has 0 spiro atoms. The molecule has 1 heterocycles. The summed E-state index contributed by atoms with van der Waals surface area (Å²) in [7, 11) is 1.63. The molecule has 0 aliphatic carbocycles. The first-order valence-corrected chi connectivity index (χ1v) is 9.47. The molecule has 1 N–H and O–H groups in total. The second kappa shape index (κ2) is 8.65. The minimum absolute atomic E-state index is 0.186. The van der Waals surface area contributed by atoms with Crippen LogP contribution in [0.4, 0.5) is 5.69 Å². The van der Waals surface area contributed by atoms with Gasteiger partial charge in [0.25, 0.3) is 5.91 Å². The fraction of sp³-hybridized carbons (Fsp3) is 0.261. The average molecular weight is 375 g/mol. The summed E-state index contributed by atoms with van der Waals surface area (Å²) in [5.74, 6) is 1.17. The lowest BCUT2D eigenvalue weighted by atomic mass is 10.0. The van der Waals surface area contributed by atoms with Crippen LogP contribution in [0.15, 0.2) is 48.7 Å². The van der Waals surface area contributed by atoms with Crippen molar-refractivity contribution in [2.45, 2.75) is 33.6 Å². The standard InChI is InChI=1S/C23H25N3O2/c1-5-16-8-7-9-17(6-2)21(16)26-23(27)20-14-24-22(25-15(20)3)18-10-12-19(28-4)13-11-18/h7-14H,5-6H2,1-4H3,(H,26,27). The molecule has 5 nitrogen and oxygen atoms in total. The number of aryl methyl sites for hydroxylation is 3. The van der Waals surface area contributed by atoms with Crippen molar-refractivity contribution < 1.29 is 9.53 Å². The van der Waals surface area contributed by atoms with Crippen LogP contribution in [-0.4, -0.2) is 23.0 Å². The topological polar surface area (TPSA) is 64.1 Å². The highest BCUT2D eigenvalue weighted by Gasteiger charge is 2.16. The summed E-state index contributed by atoms with van der Waals surface area (Å²) in [5.41, 5.74) is 5.15. The van der Waals surface area contributed by atoms with Crippen LogP contribution in [0.25, 0.3) is 11.4 Å². The number of hydrogen-bond donors (Lipinski definition) is 1. The molecular weight excluding hydrogens is 350 g/mol. The lowest BCUT2D eigenvalue weighted by Gasteiger charge is -2.15. The number of hydrogen-bond acceptors (Lipinski definition) is 4. The van der Waals surface area contributed by atoms with Crippen molar-refractivity contribution in [3.63, 3.8) is 0 Å². The highest BCUT2D eigenvalue weighted by atomic mass is 16.5. The van der Waals surface area contributed by atoms with Crippen LogP contribution < -0.4 is 10.1 Å². The Balaban J connectivity index is 1.87. The number of aromatic nitrogens is 2. The lowest BCUT2D eigenvalue weighted by Crippen LogP contribution is -2.17. The van der Waals surface area contributed by atoms with E-state index < -0.39 is 0 Å². The van der Waals surface area contributed by atoms with Crippen LogP contribution in [0.2, 0.25) is 0 Å². The Morgan fingerprint density at radius 1 is 1.04 bits per heavy atom. The number of methoxy groups -OCH3 is 1. The molecule has 144 valence electrons. The van der Waals surface area contributed by atoms with E-state index in [1.807, 2.05) is 49.4 Å². The van der Waals surface area contributed by atoms with Gasteiger partial charge in [-0.05, 0) is 55.2 Å². The minimum Gasteiger partial charge on any atom is -0.497 e. The number of nitrogens with one attached hydrogen (secondary N) is 1. The maximum absolute atomic E-state index is 12.9. The van der Waals surface area contributed by atoms with Crippen molar-refractivity contribution in [2.24, 2.45) is 0 Å². The zero-order valence-corrected chi connectivity index (χ0v) is 16.7. The van der Waals surface area contributed by atoms with Crippen molar-refractivity contribution in [2.75, 3.05) is 12.4 Å². The van der Waals surface area contributed by atoms with Gasteiger partial charge in [-0.1, -0.05) is 32.0 Å². The van der Waals surface area contributed by atoms with Crippen LogP contribution in [-0.2, 0) is 12.8 Å². The highest BCUT2D eigenvalue weighted by molar-refractivity contribution is 6.05. The number of ether oxygens (including phenoxy) is 1. The van der Waals surface area contributed by atoms with Crippen molar-refractivity contribution in [1.82, 2.24) is 9.97 Å². The number of anilines is 1. The summed E-state index contributed by atoms with van der Waals surface area (Å²) in [6.07, 6.45) is 3.31. The molecule has 0 bridgehead atoms. The molecule has 0 fully saturated rings. The summed E-state index contributed by atoms with van der Waals surface area (Å²) in [6, 6.07) is 13.7. The number of amides is 1. The number of benzene rings is 2. The van der Waals surface area contributed by atoms with Crippen LogP contribution in [0.5, 0.6) is 5.75 Å². The Bertz CT molecular complexity index is 959. The number of carbonyl (C=O) groups excluding carboxylic acids is 1. The van der Waals surface area contributed by atoms with E-state index in [1.54, 1.807) is 13.3 Å². The van der Waals surface area contributed by atoms with Gasteiger partial charge in [0.15, 0.2) is 5.82 Å². The Kier molecular flexibility index (Phi) is 6.04. The van der Waals surface area contributed by atoms with E-state index >= 15 is 0 Å². The van der Waals surface area contributed by atoms with Gasteiger partial charge in [-0.2, -0.15) is 0 Å². The number of rotatable bonds is 6. The van der Waals surface area contributed by atoms with E-state index in [9.17, 15) is 4.79 Å². The number of carbonyl (C=O) groups is 1. The van der Waals surface area contributed by atoms with Crippen molar-refractivity contribution in [3.8, 4) is 17.1 Å². The monoisotopic (exact) mass is 375 g/mol. The van der Waals surface area contributed by atoms with Gasteiger partial charge >= 0.3 is 0 Å². The summed E-state index contributed by atoms with van der Waals surface area (Å²) in [4.78, 5) is 21.8. The van der Waals surface area contributed by atoms with Gasteiger partial charge in [0.1, 0.15) is 5.75 Å². The van der Waals surface area contributed by atoms with Crippen LogP contribution in [0.3, 0.4) is 0 Å². The lowest BCUT2D eigenvalue weighted by molar-refractivity contribution is 0.102. The summed E-state index contributed by atoms with van der Waals surface area (Å²) >= 11 is 0. The van der Waals surface area contributed by atoms with E-state index in [2.05, 4.69) is 29.1 Å². The zero-order valence-electron chi connectivity index (χ0n) is 16.7. The molecule has 0 saturated carbocycles.